The lowest BCUT2D eigenvalue weighted by Gasteiger charge is -2.44. The molecule has 3 atom stereocenters. The van der Waals surface area contributed by atoms with Crippen LogP contribution in [0.3, 0.4) is 0 Å². The van der Waals surface area contributed by atoms with Crippen molar-refractivity contribution in [3.63, 3.8) is 0 Å². The van der Waals surface area contributed by atoms with Crippen molar-refractivity contribution in [2.75, 3.05) is 11.9 Å². The summed E-state index contributed by atoms with van der Waals surface area (Å²) in [5.74, 6) is -0.194. The van der Waals surface area contributed by atoms with Gasteiger partial charge in [0.15, 0.2) is 0 Å². The average Bonchev–Trinajstić information content (AvgIpc) is 3.37. The number of nitrogens with zero attached hydrogens (tertiary/aromatic N) is 1. The molecular weight excluding hydrogens is 446 g/mol. The van der Waals surface area contributed by atoms with Crippen molar-refractivity contribution in [1.29, 1.82) is 0 Å². The van der Waals surface area contributed by atoms with Crippen molar-refractivity contribution in [3.05, 3.63) is 90.2 Å². The number of amides is 2. The maximum Gasteiger partial charge on any atom is 0.254 e. The maximum absolute atomic E-state index is 14.0. The summed E-state index contributed by atoms with van der Waals surface area (Å²) in [6, 6.07) is 15.7. The summed E-state index contributed by atoms with van der Waals surface area (Å²) in [6.07, 6.45) is 12.6. The quantitative estimate of drug-likeness (QED) is 0.449. The number of benzene rings is 2. The Morgan fingerprint density at radius 1 is 1.06 bits per heavy atom. The molecule has 2 amide bonds. The summed E-state index contributed by atoms with van der Waals surface area (Å²) in [6.45, 7) is 7.16. The van der Waals surface area contributed by atoms with Crippen LogP contribution >= 0.6 is 0 Å². The molecule has 1 fully saturated rings. The van der Waals surface area contributed by atoms with Crippen molar-refractivity contribution in [2.45, 2.75) is 51.5 Å². The Bertz CT molecular complexity index is 1330. The van der Waals surface area contributed by atoms with E-state index < -0.39 is 0 Å². The highest BCUT2D eigenvalue weighted by atomic mass is 16.2. The lowest BCUT2D eigenvalue weighted by atomic mass is 9.77. The van der Waals surface area contributed by atoms with E-state index in [4.69, 9.17) is 0 Å². The van der Waals surface area contributed by atoms with E-state index in [0.29, 0.717) is 12.1 Å². The fourth-order valence-corrected chi connectivity index (χ4v) is 5.65. The van der Waals surface area contributed by atoms with Crippen LogP contribution < -0.4 is 5.32 Å². The summed E-state index contributed by atoms with van der Waals surface area (Å²) in [5, 5.41) is 4.12. The van der Waals surface area contributed by atoms with Gasteiger partial charge in [0.1, 0.15) is 0 Å². The molecule has 1 saturated heterocycles. The minimum Gasteiger partial charge on any atom is -0.361 e. The number of aromatic amines is 1. The number of carbonyl (C=O) groups is 2. The molecule has 0 bridgehead atoms. The zero-order valence-corrected chi connectivity index (χ0v) is 21.3. The van der Waals surface area contributed by atoms with Gasteiger partial charge in [-0.15, -0.1) is 0 Å². The first-order chi connectivity index (χ1) is 17.3. The van der Waals surface area contributed by atoms with E-state index in [1.54, 1.807) is 0 Å². The van der Waals surface area contributed by atoms with E-state index in [2.05, 4.69) is 55.4 Å². The number of piperidine rings is 1. The van der Waals surface area contributed by atoms with Crippen LogP contribution in [0.4, 0.5) is 5.69 Å². The molecule has 2 aromatic carbocycles. The largest absolute Gasteiger partial charge is 0.361 e. The van der Waals surface area contributed by atoms with Crippen LogP contribution in [0.25, 0.3) is 10.9 Å². The number of hydrogen-bond donors (Lipinski definition) is 2. The van der Waals surface area contributed by atoms with Crippen LogP contribution in [-0.4, -0.2) is 34.3 Å². The lowest BCUT2D eigenvalue weighted by Crippen LogP contribution is -2.55. The lowest BCUT2D eigenvalue weighted by molar-refractivity contribution is -0.123. The molecule has 1 aromatic heterocycles. The zero-order valence-electron chi connectivity index (χ0n) is 21.3. The molecule has 186 valence electrons. The number of fused-ring (bicyclic) bond motifs is 1. The van der Waals surface area contributed by atoms with Gasteiger partial charge in [0.05, 0.1) is 12.0 Å². The Labute approximate surface area is 213 Å². The fourth-order valence-electron chi connectivity index (χ4n) is 5.65. The first kappa shape index (κ1) is 24.1. The van der Waals surface area contributed by atoms with Crippen LogP contribution in [0.5, 0.6) is 0 Å². The number of aromatic nitrogens is 1. The Morgan fingerprint density at radius 2 is 1.89 bits per heavy atom. The number of rotatable bonds is 4. The second-order valence-corrected chi connectivity index (χ2v) is 11.0. The van der Waals surface area contributed by atoms with Gasteiger partial charge < -0.3 is 15.2 Å². The first-order valence-electron chi connectivity index (χ1n) is 12.9. The molecule has 2 N–H and O–H groups in total. The molecule has 0 radical (unpaired) electrons. The molecule has 36 heavy (non-hydrogen) atoms. The number of H-pyrrole nitrogens is 1. The second kappa shape index (κ2) is 9.81. The highest BCUT2D eigenvalue weighted by molar-refractivity contribution is 6.07. The zero-order chi connectivity index (χ0) is 25.3. The minimum atomic E-state index is -0.285. The monoisotopic (exact) mass is 481 g/mol. The Morgan fingerprint density at radius 3 is 2.67 bits per heavy atom. The minimum absolute atomic E-state index is 0.000355. The van der Waals surface area contributed by atoms with Crippen molar-refractivity contribution in [3.8, 4) is 0 Å². The van der Waals surface area contributed by atoms with Crippen LogP contribution in [0.2, 0.25) is 0 Å². The van der Waals surface area contributed by atoms with Crippen molar-refractivity contribution in [2.24, 2.45) is 11.8 Å². The highest BCUT2D eigenvalue weighted by Gasteiger charge is 2.42. The molecule has 1 aliphatic heterocycles. The Hall–Kier alpha value is -3.60. The Balaban J connectivity index is 1.46. The molecular formula is C31H35N3O2. The molecule has 2 heterocycles. The maximum atomic E-state index is 14.0. The van der Waals surface area contributed by atoms with Gasteiger partial charge in [0.2, 0.25) is 5.91 Å². The molecule has 1 aliphatic carbocycles. The van der Waals surface area contributed by atoms with Gasteiger partial charge >= 0.3 is 0 Å². The smallest absolute Gasteiger partial charge is 0.254 e. The van der Waals surface area contributed by atoms with Crippen molar-refractivity contribution >= 4 is 28.4 Å². The van der Waals surface area contributed by atoms with Crippen molar-refractivity contribution in [1.82, 2.24) is 9.88 Å². The van der Waals surface area contributed by atoms with Gasteiger partial charge in [0.25, 0.3) is 5.91 Å². The van der Waals surface area contributed by atoms with E-state index >= 15 is 0 Å². The second-order valence-electron chi connectivity index (χ2n) is 11.0. The van der Waals surface area contributed by atoms with Gasteiger partial charge in [-0.05, 0) is 60.6 Å². The SMILES string of the molecule is CC(C)(C)c1cccc(NC(=O)C2CCCN(C(=O)c3cccc4[nH]ccc34)C2[C@@H]2C=CC=CC2)c1. The molecule has 5 heteroatoms. The van der Waals surface area contributed by atoms with Crippen LogP contribution in [0.15, 0.2) is 79.0 Å². The van der Waals surface area contributed by atoms with Gasteiger partial charge in [-0.1, -0.05) is 63.3 Å². The summed E-state index contributed by atoms with van der Waals surface area (Å²) < 4.78 is 0. The normalized spacial score (nSPS) is 22.1. The highest BCUT2D eigenvalue weighted by Crippen LogP contribution is 2.36. The topological polar surface area (TPSA) is 65.2 Å². The third-order valence-electron chi connectivity index (χ3n) is 7.56. The molecule has 3 aromatic rings. The van der Waals surface area contributed by atoms with E-state index in [-0.39, 0.29) is 35.1 Å². The molecule has 2 unspecified atom stereocenters. The summed E-state index contributed by atoms with van der Waals surface area (Å²) in [5.41, 5.74) is 3.62. The summed E-state index contributed by atoms with van der Waals surface area (Å²) >= 11 is 0. The van der Waals surface area contributed by atoms with Gasteiger partial charge in [0, 0.05) is 40.8 Å². The van der Waals surface area contributed by atoms with E-state index in [1.807, 2.05) is 59.6 Å². The molecule has 2 aliphatic rings. The molecule has 5 nitrogen and oxygen atoms in total. The molecule has 0 spiro atoms. The average molecular weight is 482 g/mol. The number of nitrogens with one attached hydrogen (secondary N) is 2. The van der Waals surface area contributed by atoms with Gasteiger partial charge in [-0.25, -0.2) is 0 Å². The predicted molar refractivity (Wildman–Crippen MR) is 146 cm³/mol. The van der Waals surface area contributed by atoms with Crippen molar-refractivity contribution < 1.29 is 9.59 Å². The van der Waals surface area contributed by atoms with Gasteiger partial charge in [-0.2, -0.15) is 0 Å². The van der Waals surface area contributed by atoms with E-state index in [1.165, 1.54) is 5.56 Å². The van der Waals surface area contributed by atoms with E-state index in [0.717, 1.165) is 35.9 Å². The number of hydrogen-bond acceptors (Lipinski definition) is 2. The standard InChI is InChI=1S/C31H35N3O2/c1-31(2,3)22-12-7-13-23(20-22)33-29(35)26-15-9-19-34(28(26)21-10-5-4-6-11-21)30(36)25-14-8-16-27-24(25)17-18-32-27/h4-8,10,12-14,16-18,20-21,26,28,32H,9,11,15,19H2,1-3H3,(H,33,35)/t21-,26?,28?/m1/s1. The molecule has 0 saturated carbocycles. The van der Waals surface area contributed by atoms with Crippen LogP contribution in [0, 0.1) is 11.8 Å². The summed E-state index contributed by atoms with van der Waals surface area (Å²) in [7, 11) is 0. The number of carbonyl (C=O) groups excluding carboxylic acids is 2. The van der Waals surface area contributed by atoms with Crippen LogP contribution in [0.1, 0.15) is 56.0 Å². The number of anilines is 1. The third-order valence-corrected chi connectivity index (χ3v) is 7.56. The first-order valence-corrected chi connectivity index (χ1v) is 12.9. The van der Waals surface area contributed by atoms with Gasteiger partial charge in [-0.3, -0.25) is 9.59 Å². The van der Waals surface area contributed by atoms with E-state index in [9.17, 15) is 9.59 Å². The third kappa shape index (κ3) is 4.75. The predicted octanol–water partition coefficient (Wildman–Crippen LogP) is 6.46. The summed E-state index contributed by atoms with van der Waals surface area (Å²) in [4.78, 5) is 32.9. The number of likely N-dealkylation sites (tertiary alicyclic amines) is 1. The molecule has 5 rings (SSSR count). The fraction of sp³-hybridized carbons (Fsp3) is 0.355. The number of allylic oxidation sites excluding steroid dienone is 3. The van der Waals surface area contributed by atoms with Crippen LogP contribution in [-0.2, 0) is 10.2 Å². The Kier molecular flexibility index (Phi) is 6.57.